The zero-order valence-corrected chi connectivity index (χ0v) is 14.7. The van der Waals surface area contributed by atoms with Gasteiger partial charge in [-0.05, 0) is 42.7 Å². The third-order valence-corrected chi connectivity index (χ3v) is 5.66. The molecule has 2 aliphatic rings. The van der Waals surface area contributed by atoms with Gasteiger partial charge < -0.3 is 10.4 Å². The zero-order valence-electron chi connectivity index (χ0n) is 14.7. The number of aromatic nitrogens is 1. The molecule has 2 fully saturated rings. The first-order valence-electron chi connectivity index (χ1n) is 8.64. The van der Waals surface area contributed by atoms with Gasteiger partial charge in [-0.3, -0.25) is 14.6 Å². The van der Waals surface area contributed by atoms with Crippen molar-refractivity contribution >= 4 is 11.9 Å². The highest BCUT2D eigenvalue weighted by molar-refractivity contribution is 6.03. The van der Waals surface area contributed by atoms with E-state index in [9.17, 15) is 14.7 Å². The highest BCUT2D eigenvalue weighted by atomic mass is 16.4. The van der Waals surface area contributed by atoms with Crippen LogP contribution in [-0.2, 0) is 21.5 Å². The Morgan fingerprint density at radius 1 is 1.25 bits per heavy atom. The third kappa shape index (κ3) is 2.80. The van der Waals surface area contributed by atoms with Crippen LogP contribution in [0, 0.1) is 10.8 Å². The van der Waals surface area contributed by atoms with Crippen LogP contribution in [0.2, 0.25) is 0 Å². The van der Waals surface area contributed by atoms with Crippen molar-refractivity contribution < 1.29 is 14.7 Å². The van der Waals surface area contributed by atoms with Gasteiger partial charge in [-0.2, -0.15) is 0 Å². The summed E-state index contributed by atoms with van der Waals surface area (Å²) in [6, 6.07) is 3.90. The molecule has 2 N–H and O–H groups in total. The van der Waals surface area contributed by atoms with Gasteiger partial charge in [0.2, 0.25) is 5.91 Å². The number of rotatable bonds is 4. The largest absolute Gasteiger partial charge is 0.480 e. The first-order valence-corrected chi connectivity index (χ1v) is 8.64. The molecule has 1 spiro atoms. The van der Waals surface area contributed by atoms with E-state index in [1.807, 2.05) is 12.1 Å². The van der Waals surface area contributed by atoms with E-state index in [-0.39, 0.29) is 16.7 Å². The lowest BCUT2D eigenvalue weighted by Crippen LogP contribution is -2.61. The summed E-state index contributed by atoms with van der Waals surface area (Å²) in [5, 5.41) is 12.4. The molecule has 0 aliphatic heterocycles. The topological polar surface area (TPSA) is 79.3 Å². The van der Waals surface area contributed by atoms with Crippen molar-refractivity contribution in [1.82, 2.24) is 10.3 Å². The average molecular weight is 330 g/mol. The number of carbonyl (C=O) groups excluding carboxylic acids is 1. The Morgan fingerprint density at radius 2 is 1.92 bits per heavy atom. The first kappa shape index (κ1) is 16.9. The fourth-order valence-electron chi connectivity index (χ4n) is 3.99. The summed E-state index contributed by atoms with van der Waals surface area (Å²) in [7, 11) is 0. The Bertz CT molecular complexity index is 646. The van der Waals surface area contributed by atoms with Crippen LogP contribution < -0.4 is 5.32 Å². The number of carboxylic acids is 1. The van der Waals surface area contributed by atoms with Crippen molar-refractivity contribution in [2.24, 2.45) is 10.8 Å². The van der Waals surface area contributed by atoms with Crippen LogP contribution >= 0.6 is 0 Å². The molecule has 0 aromatic carbocycles. The second-order valence-electron chi connectivity index (χ2n) is 8.58. The van der Waals surface area contributed by atoms with Gasteiger partial charge in [-0.15, -0.1) is 0 Å². The molecule has 0 radical (unpaired) electrons. The van der Waals surface area contributed by atoms with Crippen molar-refractivity contribution in [3.63, 3.8) is 0 Å². The van der Waals surface area contributed by atoms with Gasteiger partial charge >= 0.3 is 5.97 Å². The van der Waals surface area contributed by atoms with E-state index in [4.69, 9.17) is 0 Å². The standard InChI is InChI=1S/C19H26N2O3/c1-17(2,3)14-6-5-13(9-20-14)10-21-15(22)19(16(23)24)11-18(12-19)7-4-8-18/h5-6,9H,4,7-8,10-12H2,1-3H3,(H,21,22)(H,23,24). The highest BCUT2D eigenvalue weighted by Gasteiger charge is 2.64. The lowest BCUT2D eigenvalue weighted by atomic mass is 9.45. The number of pyridine rings is 1. The smallest absolute Gasteiger partial charge is 0.319 e. The van der Waals surface area contributed by atoms with Crippen molar-refractivity contribution in [3.8, 4) is 0 Å². The molecule has 2 saturated carbocycles. The molecule has 5 heteroatoms. The van der Waals surface area contributed by atoms with E-state index in [1.165, 1.54) is 0 Å². The van der Waals surface area contributed by atoms with Crippen LogP contribution in [-0.4, -0.2) is 22.0 Å². The number of carboxylic acid groups (broad SMARTS) is 1. The molecule has 1 aromatic rings. The molecule has 2 aliphatic carbocycles. The Morgan fingerprint density at radius 3 is 2.33 bits per heavy atom. The van der Waals surface area contributed by atoms with E-state index in [0.717, 1.165) is 30.5 Å². The molecule has 0 atom stereocenters. The summed E-state index contributed by atoms with van der Waals surface area (Å²) in [5.41, 5.74) is 0.767. The minimum atomic E-state index is -1.22. The predicted octanol–water partition coefficient (Wildman–Crippen LogP) is 3.03. The molecule has 5 nitrogen and oxygen atoms in total. The molecular weight excluding hydrogens is 304 g/mol. The average Bonchev–Trinajstić information content (AvgIpc) is 2.41. The number of hydrogen-bond donors (Lipinski definition) is 2. The summed E-state index contributed by atoms with van der Waals surface area (Å²) >= 11 is 0. The van der Waals surface area contributed by atoms with Crippen LogP contribution in [0.3, 0.4) is 0 Å². The lowest BCUT2D eigenvalue weighted by molar-refractivity contribution is -0.181. The van der Waals surface area contributed by atoms with E-state index >= 15 is 0 Å². The Labute approximate surface area is 142 Å². The molecule has 0 saturated heterocycles. The summed E-state index contributed by atoms with van der Waals surface area (Å²) in [6.45, 7) is 6.61. The number of amides is 1. The molecule has 24 heavy (non-hydrogen) atoms. The molecule has 1 aromatic heterocycles. The quantitative estimate of drug-likeness (QED) is 0.832. The zero-order chi connectivity index (χ0) is 17.6. The van der Waals surface area contributed by atoms with Gasteiger partial charge in [0.25, 0.3) is 0 Å². The van der Waals surface area contributed by atoms with Crippen LogP contribution in [0.5, 0.6) is 0 Å². The van der Waals surface area contributed by atoms with Gasteiger partial charge in [0, 0.05) is 23.9 Å². The first-order chi connectivity index (χ1) is 11.2. The van der Waals surface area contributed by atoms with Gasteiger partial charge in [-0.1, -0.05) is 33.3 Å². The second-order valence-corrected chi connectivity index (χ2v) is 8.58. The predicted molar refractivity (Wildman–Crippen MR) is 90.4 cm³/mol. The molecule has 1 heterocycles. The van der Waals surface area contributed by atoms with Crippen molar-refractivity contribution in [1.29, 1.82) is 0 Å². The SMILES string of the molecule is CC(C)(C)c1ccc(CNC(=O)C2(C(=O)O)CC3(CCC3)C2)cn1. The van der Waals surface area contributed by atoms with Crippen molar-refractivity contribution in [2.75, 3.05) is 0 Å². The summed E-state index contributed by atoms with van der Waals surface area (Å²) in [5.74, 6) is -1.34. The second kappa shape index (κ2) is 5.57. The number of hydrogen-bond acceptors (Lipinski definition) is 3. The molecule has 130 valence electrons. The van der Waals surface area contributed by atoms with Crippen LogP contribution in [0.4, 0.5) is 0 Å². The Kier molecular flexibility index (Phi) is 3.93. The maximum Gasteiger partial charge on any atom is 0.319 e. The minimum Gasteiger partial charge on any atom is -0.480 e. The van der Waals surface area contributed by atoms with Crippen LogP contribution in [0.15, 0.2) is 18.3 Å². The van der Waals surface area contributed by atoms with Gasteiger partial charge in [0.15, 0.2) is 0 Å². The Balaban J connectivity index is 1.61. The van der Waals surface area contributed by atoms with Crippen molar-refractivity contribution in [2.45, 2.75) is 64.8 Å². The number of carbonyl (C=O) groups is 2. The number of aliphatic carboxylic acids is 1. The van der Waals surface area contributed by atoms with Crippen LogP contribution in [0.25, 0.3) is 0 Å². The summed E-state index contributed by atoms with van der Waals surface area (Å²) in [6.07, 6.45) is 6.01. The maximum absolute atomic E-state index is 12.5. The molecule has 3 rings (SSSR count). The van der Waals surface area contributed by atoms with Gasteiger partial charge in [-0.25, -0.2) is 0 Å². The van der Waals surface area contributed by atoms with E-state index in [2.05, 4.69) is 31.1 Å². The maximum atomic E-state index is 12.5. The van der Waals surface area contributed by atoms with Gasteiger partial charge in [0.1, 0.15) is 5.41 Å². The lowest BCUT2D eigenvalue weighted by Gasteiger charge is -2.58. The highest BCUT2D eigenvalue weighted by Crippen LogP contribution is 2.64. The van der Waals surface area contributed by atoms with Gasteiger partial charge in [0.05, 0.1) is 0 Å². The molecule has 0 bridgehead atoms. The van der Waals surface area contributed by atoms with E-state index in [1.54, 1.807) is 6.20 Å². The van der Waals surface area contributed by atoms with Crippen molar-refractivity contribution in [3.05, 3.63) is 29.6 Å². The number of nitrogens with zero attached hydrogens (tertiary/aromatic N) is 1. The fraction of sp³-hybridized carbons (Fsp3) is 0.632. The van der Waals surface area contributed by atoms with E-state index < -0.39 is 11.4 Å². The number of nitrogens with one attached hydrogen (secondary N) is 1. The minimum absolute atomic E-state index is 0.0157. The molecule has 0 unspecified atom stereocenters. The molecular formula is C19H26N2O3. The Hall–Kier alpha value is -1.91. The molecule has 1 amide bonds. The summed E-state index contributed by atoms with van der Waals surface area (Å²) < 4.78 is 0. The normalized spacial score (nSPS) is 20.8. The summed E-state index contributed by atoms with van der Waals surface area (Å²) in [4.78, 5) is 28.6. The monoisotopic (exact) mass is 330 g/mol. The fourth-order valence-corrected chi connectivity index (χ4v) is 3.99. The third-order valence-electron chi connectivity index (χ3n) is 5.66. The van der Waals surface area contributed by atoms with E-state index in [0.29, 0.717) is 19.4 Å². The van der Waals surface area contributed by atoms with Crippen LogP contribution in [0.1, 0.15) is 64.1 Å².